The van der Waals surface area contributed by atoms with Crippen LogP contribution in [-0.4, -0.2) is 45.3 Å². The van der Waals surface area contributed by atoms with Crippen LogP contribution in [0, 0.1) is 5.82 Å². The Morgan fingerprint density at radius 3 is 2.69 bits per heavy atom. The minimum Gasteiger partial charge on any atom is -0.323 e. The molecule has 3 heterocycles. The standard InChI is InChI=1S/C18H15ClFN5O/c19-13-7-12(8-14(20)9-13)17-10-16(18(26)24-6-5-22-11-24)23-25(17)15-1-3-21-4-2-15/h1-4,7-10,22H,5-6,11H2. The van der Waals surface area contributed by atoms with E-state index in [9.17, 15) is 9.18 Å². The fourth-order valence-electron chi connectivity index (χ4n) is 2.92. The highest BCUT2D eigenvalue weighted by atomic mass is 35.5. The van der Waals surface area contributed by atoms with E-state index in [1.165, 1.54) is 12.1 Å². The highest BCUT2D eigenvalue weighted by molar-refractivity contribution is 6.30. The van der Waals surface area contributed by atoms with Gasteiger partial charge < -0.3 is 4.90 Å². The van der Waals surface area contributed by atoms with Gasteiger partial charge in [0.25, 0.3) is 5.91 Å². The fraction of sp³-hybridized carbons (Fsp3) is 0.167. The molecule has 0 bridgehead atoms. The van der Waals surface area contributed by atoms with Crippen LogP contribution in [0.5, 0.6) is 0 Å². The van der Waals surface area contributed by atoms with Crippen LogP contribution in [0.3, 0.4) is 0 Å². The molecule has 26 heavy (non-hydrogen) atoms. The first-order chi connectivity index (χ1) is 12.6. The van der Waals surface area contributed by atoms with Crippen LogP contribution >= 0.6 is 11.6 Å². The summed E-state index contributed by atoms with van der Waals surface area (Å²) in [4.78, 5) is 18.4. The maximum absolute atomic E-state index is 13.9. The van der Waals surface area contributed by atoms with Crippen molar-refractivity contribution in [1.82, 2.24) is 25.0 Å². The van der Waals surface area contributed by atoms with E-state index in [1.54, 1.807) is 46.2 Å². The monoisotopic (exact) mass is 371 g/mol. The summed E-state index contributed by atoms with van der Waals surface area (Å²) in [6.45, 7) is 1.87. The first-order valence-electron chi connectivity index (χ1n) is 8.09. The van der Waals surface area contributed by atoms with E-state index < -0.39 is 5.82 Å². The molecule has 4 rings (SSSR count). The number of amides is 1. The minimum absolute atomic E-state index is 0.174. The topological polar surface area (TPSA) is 63.1 Å². The number of benzene rings is 1. The molecule has 0 spiro atoms. The number of carbonyl (C=O) groups is 1. The zero-order chi connectivity index (χ0) is 18.1. The molecule has 1 saturated heterocycles. The second kappa shape index (κ2) is 6.86. The summed E-state index contributed by atoms with van der Waals surface area (Å²) in [5, 5.41) is 7.86. The number of hydrogen-bond donors (Lipinski definition) is 1. The van der Waals surface area contributed by atoms with Gasteiger partial charge in [0.1, 0.15) is 5.82 Å². The molecule has 1 aromatic carbocycles. The van der Waals surface area contributed by atoms with E-state index in [1.807, 2.05) is 0 Å². The highest BCUT2D eigenvalue weighted by Gasteiger charge is 2.24. The van der Waals surface area contributed by atoms with Crippen LogP contribution in [0.25, 0.3) is 16.9 Å². The number of nitrogens with zero attached hydrogens (tertiary/aromatic N) is 4. The average Bonchev–Trinajstić information content (AvgIpc) is 3.31. The van der Waals surface area contributed by atoms with Crippen LogP contribution < -0.4 is 5.32 Å². The molecule has 1 fully saturated rings. The van der Waals surface area contributed by atoms with Gasteiger partial charge in [0, 0.05) is 36.1 Å². The van der Waals surface area contributed by atoms with E-state index in [-0.39, 0.29) is 10.9 Å². The average molecular weight is 372 g/mol. The molecule has 2 aromatic heterocycles. The summed E-state index contributed by atoms with van der Waals surface area (Å²) < 4.78 is 15.5. The first-order valence-corrected chi connectivity index (χ1v) is 8.46. The van der Waals surface area contributed by atoms with Crippen LogP contribution in [-0.2, 0) is 0 Å². The van der Waals surface area contributed by atoms with Crippen molar-refractivity contribution in [1.29, 1.82) is 0 Å². The molecule has 0 unspecified atom stereocenters. The lowest BCUT2D eigenvalue weighted by Gasteiger charge is -2.11. The molecule has 1 aliphatic rings. The minimum atomic E-state index is -0.452. The smallest absolute Gasteiger partial charge is 0.275 e. The molecule has 0 aliphatic carbocycles. The third-order valence-corrected chi connectivity index (χ3v) is 4.36. The van der Waals surface area contributed by atoms with Gasteiger partial charge in [-0.3, -0.25) is 15.1 Å². The van der Waals surface area contributed by atoms with Crippen molar-refractivity contribution in [3.8, 4) is 16.9 Å². The molecule has 6 nitrogen and oxygen atoms in total. The number of rotatable bonds is 3. The van der Waals surface area contributed by atoms with E-state index in [0.29, 0.717) is 35.9 Å². The van der Waals surface area contributed by atoms with Crippen LogP contribution in [0.4, 0.5) is 4.39 Å². The van der Waals surface area contributed by atoms with Gasteiger partial charge >= 0.3 is 0 Å². The molecule has 8 heteroatoms. The molecule has 0 saturated carbocycles. The number of carbonyl (C=O) groups excluding carboxylic acids is 1. The summed E-state index contributed by atoms with van der Waals surface area (Å²) in [6.07, 6.45) is 3.26. The van der Waals surface area contributed by atoms with Crippen molar-refractivity contribution in [2.45, 2.75) is 0 Å². The van der Waals surface area contributed by atoms with Gasteiger partial charge in [-0.05, 0) is 36.4 Å². The predicted molar refractivity (Wildman–Crippen MR) is 95.7 cm³/mol. The molecular weight excluding hydrogens is 357 g/mol. The Bertz CT molecular complexity index is 933. The van der Waals surface area contributed by atoms with Gasteiger partial charge in [0.2, 0.25) is 0 Å². The van der Waals surface area contributed by atoms with E-state index in [2.05, 4.69) is 15.4 Å². The number of pyridine rings is 1. The van der Waals surface area contributed by atoms with Crippen molar-refractivity contribution in [3.63, 3.8) is 0 Å². The predicted octanol–water partition coefficient (Wildman–Crippen LogP) is 2.73. The Morgan fingerprint density at radius 1 is 1.19 bits per heavy atom. The normalized spacial score (nSPS) is 14.0. The Kier molecular flexibility index (Phi) is 4.40. The molecule has 1 aliphatic heterocycles. The lowest BCUT2D eigenvalue weighted by molar-refractivity contribution is 0.0785. The van der Waals surface area contributed by atoms with Crippen LogP contribution in [0.1, 0.15) is 10.5 Å². The fourth-order valence-corrected chi connectivity index (χ4v) is 3.14. The van der Waals surface area contributed by atoms with Gasteiger partial charge in [0.15, 0.2) is 5.69 Å². The number of nitrogens with one attached hydrogen (secondary N) is 1. The number of halogens is 2. The first kappa shape index (κ1) is 16.7. The second-order valence-corrected chi connectivity index (χ2v) is 6.35. The third kappa shape index (κ3) is 3.18. The molecule has 132 valence electrons. The Balaban J connectivity index is 1.84. The molecule has 1 N–H and O–H groups in total. The van der Waals surface area contributed by atoms with Gasteiger partial charge in [-0.25, -0.2) is 9.07 Å². The molecule has 0 radical (unpaired) electrons. The summed E-state index contributed by atoms with van der Waals surface area (Å²) in [5.74, 6) is -0.627. The largest absolute Gasteiger partial charge is 0.323 e. The quantitative estimate of drug-likeness (QED) is 0.769. The summed E-state index contributed by atoms with van der Waals surface area (Å²) in [7, 11) is 0. The molecule has 1 amide bonds. The maximum Gasteiger partial charge on any atom is 0.275 e. The summed E-state index contributed by atoms with van der Waals surface area (Å²) in [6, 6.07) is 9.44. The lowest BCUT2D eigenvalue weighted by Crippen LogP contribution is -2.30. The van der Waals surface area contributed by atoms with Gasteiger partial charge in [0.05, 0.1) is 18.1 Å². The second-order valence-electron chi connectivity index (χ2n) is 5.92. The van der Waals surface area contributed by atoms with Gasteiger partial charge in [-0.2, -0.15) is 5.10 Å². The third-order valence-electron chi connectivity index (χ3n) is 4.14. The zero-order valence-corrected chi connectivity index (χ0v) is 14.4. The summed E-state index contributed by atoms with van der Waals surface area (Å²) >= 11 is 6.01. The summed E-state index contributed by atoms with van der Waals surface area (Å²) in [5.41, 5.74) is 2.13. The van der Waals surface area contributed by atoms with E-state index in [0.717, 1.165) is 6.54 Å². The Labute approximate surface area is 154 Å². The molecule has 0 atom stereocenters. The number of aromatic nitrogens is 3. The number of hydrogen-bond acceptors (Lipinski definition) is 4. The van der Waals surface area contributed by atoms with Crippen LogP contribution in [0.15, 0.2) is 48.8 Å². The SMILES string of the molecule is O=C(c1cc(-c2cc(F)cc(Cl)c2)n(-c2ccncc2)n1)N1CCNC1. The van der Waals surface area contributed by atoms with Crippen molar-refractivity contribution < 1.29 is 9.18 Å². The molecular formula is C18H15ClFN5O. The van der Waals surface area contributed by atoms with E-state index >= 15 is 0 Å². The van der Waals surface area contributed by atoms with Gasteiger partial charge in [-0.1, -0.05) is 11.6 Å². The Hall–Kier alpha value is -2.77. The Morgan fingerprint density at radius 2 is 2.00 bits per heavy atom. The van der Waals surface area contributed by atoms with Crippen LogP contribution in [0.2, 0.25) is 5.02 Å². The van der Waals surface area contributed by atoms with Gasteiger partial charge in [-0.15, -0.1) is 0 Å². The van der Waals surface area contributed by atoms with Crippen molar-refractivity contribution in [2.24, 2.45) is 0 Å². The van der Waals surface area contributed by atoms with Crippen molar-refractivity contribution >= 4 is 17.5 Å². The van der Waals surface area contributed by atoms with Crippen molar-refractivity contribution in [2.75, 3.05) is 19.8 Å². The molecule has 3 aromatic rings. The van der Waals surface area contributed by atoms with Crippen molar-refractivity contribution in [3.05, 3.63) is 65.3 Å². The highest BCUT2D eigenvalue weighted by Crippen LogP contribution is 2.28. The lowest BCUT2D eigenvalue weighted by atomic mass is 10.1. The van der Waals surface area contributed by atoms with E-state index in [4.69, 9.17) is 11.6 Å². The zero-order valence-electron chi connectivity index (χ0n) is 13.7. The maximum atomic E-state index is 13.9.